The molecule has 3 heterocycles. The maximum atomic E-state index is 5.79. The van der Waals surface area contributed by atoms with E-state index >= 15 is 0 Å². The highest BCUT2D eigenvalue weighted by atomic mass is 32.2. The fourth-order valence-corrected chi connectivity index (χ4v) is 3.65. The molecule has 3 rings (SSSR count). The minimum Gasteiger partial charge on any atom is -0.446 e. The Balaban J connectivity index is 1.72. The number of thioether (sulfide) groups is 1. The molecule has 0 aromatic carbocycles. The minimum absolute atomic E-state index is 0.641. The number of oxazole rings is 1. The topological polar surface area (TPSA) is 38.1 Å². The number of nitrogens with zero attached hydrogens (tertiary/aromatic N) is 1. The van der Waals surface area contributed by atoms with Gasteiger partial charge in [-0.25, -0.2) is 4.98 Å². The van der Waals surface area contributed by atoms with Gasteiger partial charge in [0, 0.05) is 18.1 Å². The molecule has 2 fully saturated rings. The largest absolute Gasteiger partial charge is 0.446 e. The highest BCUT2D eigenvalue weighted by molar-refractivity contribution is 7.99. The number of hydrogen-bond donors (Lipinski definition) is 1. The molecule has 1 aromatic heterocycles. The quantitative estimate of drug-likeness (QED) is 0.873. The van der Waals surface area contributed by atoms with Gasteiger partial charge in [-0.1, -0.05) is 0 Å². The molecule has 2 aliphatic rings. The van der Waals surface area contributed by atoms with Crippen LogP contribution in [-0.2, 0) is 6.42 Å². The van der Waals surface area contributed by atoms with E-state index in [-0.39, 0.29) is 0 Å². The molecule has 1 aromatic rings. The molecule has 0 radical (unpaired) electrons. The van der Waals surface area contributed by atoms with Crippen molar-refractivity contribution in [3.05, 3.63) is 17.3 Å². The van der Waals surface area contributed by atoms with Crippen LogP contribution in [0, 0.1) is 12.8 Å². The Morgan fingerprint density at radius 2 is 2.38 bits per heavy atom. The van der Waals surface area contributed by atoms with E-state index in [1.165, 1.54) is 23.6 Å². The zero-order valence-corrected chi connectivity index (χ0v) is 10.5. The van der Waals surface area contributed by atoms with Crippen molar-refractivity contribution in [1.82, 2.24) is 10.3 Å². The molecular weight excluding hydrogens is 220 g/mol. The summed E-state index contributed by atoms with van der Waals surface area (Å²) in [5.74, 6) is 5.88. The van der Waals surface area contributed by atoms with Crippen LogP contribution in [0.4, 0.5) is 0 Å². The lowest BCUT2D eigenvalue weighted by molar-refractivity contribution is 0.315. The van der Waals surface area contributed by atoms with E-state index in [9.17, 15) is 0 Å². The van der Waals surface area contributed by atoms with Crippen LogP contribution in [-0.4, -0.2) is 29.6 Å². The second-order valence-electron chi connectivity index (χ2n) is 4.84. The Bertz CT molecular complexity index is 367. The lowest BCUT2D eigenvalue weighted by atomic mass is 9.99. The number of nitrogens with one attached hydrogen (secondary N) is 1. The van der Waals surface area contributed by atoms with Crippen molar-refractivity contribution in [3.63, 3.8) is 0 Å². The summed E-state index contributed by atoms with van der Waals surface area (Å²) in [6.07, 6.45) is 2.27. The standard InChI is InChI=1S/C12H18N2OS/c1-8-12(10-2-3-16-7-10)14-11(15-8)4-9-5-13-6-9/h9-10,13H,2-7H2,1H3. The van der Waals surface area contributed by atoms with Crippen molar-refractivity contribution < 1.29 is 4.42 Å². The fraction of sp³-hybridized carbons (Fsp3) is 0.750. The minimum atomic E-state index is 0.641. The Kier molecular flexibility index (Phi) is 2.94. The van der Waals surface area contributed by atoms with Crippen molar-refractivity contribution in [2.75, 3.05) is 24.6 Å². The number of hydrogen-bond acceptors (Lipinski definition) is 4. The first kappa shape index (κ1) is 10.7. The zero-order chi connectivity index (χ0) is 11.0. The Hall–Kier alpha value is -0.480. The average Bonchev–Trinajstić information content (AvgIpc) is 2.80. The first-order chi connectivity index (χ1) is 7.83. The third kappa shape index (κ3) is 2.00. The van der Waals surface area contributed by atoms with Gasteiger partial charge in [0.25, 0.3) is 0 Å². The summed E-state index contributed by atoms with van der Waals surface area (Å²) in [4.78, 5) is 4.71. The smallest absolute Gasteiger partial charge is 0.194 e. The molecule has 0 amide bonds. The van der Waals surface area contributed by atoms with Crippen LogP contribution < -0.4 is 5.32 Å². The summed E-state index contributed by atoms with van der Waals surface area (Å²) in [6.45, 7) is 4.31. The van der Waals surface area contributed by atoms with E-state index in [2.05, 4.69) is 12.2 Å². The number of rotatable bonds is 3. The van der Waals surface area contributed by atoms with Crippen LogP contribution >= 0.6 is 11.8 Å². The first-order valence-corrected chi connectivity index (χ1v) is 7.23. The summed E-state index contributed by atoms with van der Waals surface area (Å²) < 4.78 is 5.79. The van der Waals surface area contributed by atoms with Gasteiger partial charge in [0.2, 0.25) is 0 Å². The van der Waals surface area contributed by atoms with E-state index in [1.54, 1.807) is 0 Å². The predicted octanol–water partition coefficient (Wildman–Crippen LogP) is 1.97. The summed E-state index contributed by atoms with van der Waals surface area (Å²) in [5.41, 5.74) is 1.23. The van der Waals surface area contributed by atoms with E-state index < -0.39 is 0 Å². The van der Waals surface area contributed by atoms with Gasteiger partial charge in [-0.3, -0.25) is 0 Å². The van der Waals surface area contributed by atoms with Crippen LogP contribution in [0.5, 0.6) is 0 Å². The fourth-order valence-electron chi connectivity index (χ4n) is 2.42. The summed E-state index contributed by atoms with van der Waals surface area (Å²) in [5, 5.41) is 3.29. The van der Waals surface area contributed by atoms with Crippen LogP contribution in [0.2, 0.25) is 0 Å². The molecule has 2 aliphatic heterocycles. The van der Waals surface area contributed by atoms with Gasteiger partial charge in [0.05, 0.1) is 5.69 Å². The first-order valence-electron chi connectivity index (χ1n) is 6.07. The third-order valence-corrected chi connectivity index (χ3v) is 4.68. The van der Waals surface area contributed by atoms with Crippen LogP contribution in [0.25, 0.3) is 0 Å². The van der Waals surface area contributed by atoms with Gasteiger partial charge >= 0.3 is 0 Å². The molecule has 0 saturated carbocycles. The average molecular weight is 238 g/mol. The van der Waals surface area contributed by atoms with Gasteiger partial charge < -0.3 is 9.73 Å². The molecule has 1 N–H and O–H groups in total. The predicted molar refractivity (Wildman–Crippen MR) is 66.0 cm³/mol. The van der Waals surface area contributed by atoms with E-state index in [0.717, 1.165) is 37.1 Å². The van der Waals surface area contributed by atoms with Crippen molar-refractivity contribution in [3.8, 4) is 0 Å². The van der Waals surface area contributed by atoms with E-state index in [4.69, 9.17) is 9.40 Å². The lowest BCUT2D eigenvalue weighted by Crippen LogP contribution is -2.43. The molecule has 4 heteroatoms. The molecule has 0 spiro atoms. The van der Waals surface area contributed by atoms with Gasteiger partial charge in [0.1, 0.15) is 5.76 Å². The van der Waals surface area contributed by atoms with Gasteiger partial charge in [0.15, 0.2) is 5.89 Å². The van der Waals surface area contributed by atoms with Crippen LogP contribution in [0.15, 0.2) is 4.42 Å². The number of aromatic nitrogens is 1. The van der Waals surface area contributed by atoms with Gasteiger partial charge in [-0.2, -0.15) is 11.8 Å². The van der Waals surface area contributed by atoms with Gasteiger partial charge in [-0.15, -0.1) is 0 Å². The SMILES string of the molecule is Cc1oc(CC2CNC2)nc1C1CCSC1. The van der Waals surface area contributed by atoms with Crippen molar-refractivity contribution in [1.29, 1.82) is 0 Å². The summed E-state index contributed by atoms with van der Waals surface area (Å²) >= 11 is 2.03. The Labute approximate surface area is 100 Å². The van der Waals surface area contributed by atoms with Crippen LogP contribution in [0.1, 0.15) is 29.7 Å². The second-order valence-corrected chi connectivity index (χ2v) is 5.99. The maximum absolute atomic E-state index is 5.79. The normalized spacial score (nSPS) is 25.9. The Morgan fingerprint density at radius 1 is 1.50 bits per heavy atom. The molecule has 16 heavy (non-hydrogen) atoms. The number of aryl methyl sites for hydroxylation is 1. The molecule has 2 saturated heterocycles. The molecular formula is C12H18N2OS. The van der Waals surface area contributed by atoms with Crippen molar-refractivity contribution in [2.45, 2.75) is 25.7 Å². The Morgan fingerprint density at radius 3 is 3.00 bits per heavy atom. The van der Waals surface area contributed by atoms with E-state index in [1.807, 2.05) is 11.8 Å². The summed E-state index contributed by atoms with van der Waals surface area (Å²) in [7, 11) is 0. The van der Waals surface area contributed by atoms with Crippen molar-refractivity contribution in [2.24, 2.45) is 5.92 Å². The molecule has 1 unspecified atom stereocenters. The zero-order valence-electron chi connectivity index (χ0n) is 9.66. The highest BCUT2D eigenvalue weighted by Crippen LogP contribution is 2.34. The lowest BCUT2D eigenvalue weighted by Gasteiger charge is -2.25. The summed E-state index contributed by atoms with van der Waals surface area (Å²) in [6, 6.07) is 0. The third-order valence-electron chi connectivity index (χ3n) is 3.52. The molecule has 88 valence electrons. The van der Waals surface area contributed by atoms with Gasteiger partial charge in [-0.05, 0) is 38.1 Å². The molecule has 0 bridgehead atoms. The molecule has 0 aliphatic carbocycles. The highest BCUT2D eigenvalue weighted by Gasteiger charge is 2.25. The second kappa shape index (κ2) is 4.41. The van der Waals surface area contributed by atoms with Crippen LogP contribution in [0.3, 0.4) is 0 Å². The monoisotopic (exact) mass is 238 g/mol. The molecule has 1 atom stereocenters. The van der Waals surface area contributed by atoms with E-state index in [0.29, 0.717) is 5.92 Å². The van der Waals surface area contributed by atoms with Crippen molar-refractivity contribution >= 4 is 11.8 Å². The molecule has 3 nitrogen and oxygen atoms in total. The maximum Gasteiger partial charge on any atom is 0.194 e.